The first kappa shape index (κ1) is 20.8. The maximum atomic E-state index is 13.5. The van der Waals surface area contributed by atoms with E-state index < -0.39 is 0 Å². The van der Waals surface area contributed by atoms with Gasteiger partial charge in [-0.05, 0) is 73.5 Å². The van der Waals surface area contributed by atoms with Gasteiger partial charge in [-0.2, -0.15) is 0 Å². The van der Waals surface area contributed by atoms with E-state index in [0.29, 0.717) is 42.4 Å². The van der Waals surface area contributed by atoms with Crippen LogP contribution in [0.4, 0.5) is 0 Å². The number of halogens is 1. The molecule has 0 aromatic heterocycles. The molecule has 0 radical (unpaired) electrons. The molecular formula is C23H35ClO4. The first-order chi connectivity index (χ1) is 13.3. The number of carbonyl (C=O) groups is 2. The van der Waals surface area contributed by atoms with Crippen LogP contribution < -0.4 is 0 Å². The maximum absolute atomic E-state index is 13.5. The Kier molecular flexibility index (Phi) is 5.70. The van der Waals surface area contributed by atoms with Crippen molar-refractivity contribution >= 4 is 23.2 Å². The standard InChI is InChI=1S/C23H35ClO4/c1-22-8-7-15(25)11-14(22)3-4-16-17-5-6-18(20(27)13-28-10-9-24)23(17,2)12-19(26)21(16)22/h14-18,21,25H,3-13H2,1-2H3/t14-,15+,16-,17-,18+,21+,22-,23-/m0/s1. The van der Waals surface area contributed by atoms with Crippen molar-refractivity contribution < 1.29 is 19.4 Å². The van der Waals surface area contributed by atoms with Crippen molar-refractivity contribution in [3.05, 3.63) is 0 Å². The minimum absolute atomic E-state index is 0.0338. The first-order valence-corrected chi connectivity index (χ1v) is 11.7. The van der Waals surface area contributed by atoms with Crippen molar-refractivity contribution in [2.24, 2.45) is 40.4 Å². The molecule has 4 aliphatic rings. The molecule has 0 aromatic rings. The topological polar surface area (TPSA) is 63.6 Å². The van der Waals surface area contributed by atoms with Crippen LogP contribution in [0, 0.1) is 40.4 Å². The number of fused-ring (bicyclic) bond motifs is 5. The van der Waals surface area contributed by atoms with Gasteiger partial charge >= 0.3 is 0 Å². The van der Waals surface area contributed by atoms with Crippen LogP contribution in [-0.2, 0) is 14.3 Å². The summed E-state index contributed by atoms with van der Waals surface area (Å²) in [6.07, 6.45) is 7.12. The molecule has 0 bridgehead atoms. The van der Waals surface area contributed by atoms with Crippen LogP contribution in [0.5, 0.6) is 0 Å². The predicted molar refractivity (Wildman–Crippen MR) is 108 cm³/mol. The quantitative estimate of drug-likeness (QED) is 0.549. The average molecular weight is 411 g/mol. The van der Waals surface area contributed by atoms with E-state index in [9.17, 15) is 14.7 Å². The highest BCUT2D eigenvalue weighted by atomic mass is 35.5. The van der Waals surface area contributed by atoms with Crippen LogP contribution in [0.25, 0.3) is 0 Å². The molecular weight excluding hydrogens is 376 g/mol. The van der Waals surface area contributed by atoms with Gasteiger partial charge in [0.15, 0.2) is 5.78 Å². The molecule has 0 unspecified atom stereocenters. The zero-order valence-electron chi connectivity index (χ0n) is 17.3. The highest BCUT2D eigenvalue weighted by Gasteiger charge is 2.63. The van der Waals surface area contributed by atoms with Crippen molar-refractivity contribution in [2.45, 2.75) is 71.3 Å². The molecule has 0 heterocycles. The van der Waals surface area contributed by atoms with Gasteiger partial charge in [-0.3, -0.25) is 9.59 Å². The van der Waals surface area contributed by atoms with E-state index in [2.05, 4.69) is 13.8 Å². The predicted octanol–water partition coefficient (Wildman–Crippen LogP) is 4.01. The fourth-order valence-corrected chi connectivity index (χ4v) is 8.02. The molecule has 8 atom stereocenters. The Morgan fingerprint density at radius 2 is 1.96 bits per heavy atom. The number of alkyl halides is 1. The molecule has 5 heteroatoms. The second kappa shape index (κ2) is 7.67. The lowest BCUT2D eigenvalue weighted by atomic mass is 9.44. The molecule has 4 nitrogen and oxygen atoms in total. The highest BCUT2D eigenvalue weighted by Crippen LogP contribution is 2.66. The smallest absolute Gasteiger partial charge is 0.162 e. The number of aliphatic hydroxyl groups excluding tert-OH is 1. The average Bonchev–Trinajstić information content (AvgIpc) is 2.98. The fourth-order valence-electron chi connectivity index (χ4n) is 7.91. The molecule has 28 heavy (non-hydrogen) atoms. The molecule has 0 amide bonds. The van der Waals surface area contributed by atoms with Gasteiger partial charge in [0.05, 0.1) is 12.7 Å². The monoisotopic (exact) mass is 410 g/mol. The molecule has 4 aliphatic carbocycles. The largest absolute Gasteiger partial charge is 0.393 e. The number of carbonyl (C=O) groups excluding carboxylic acids is 2. The van der Waals surface area contributed by atoms with Crippen LogP contribution in [0.3, 0.4) is 0 Å². The Labute approximate surface area is 173 Å². The van der Waals surface area contributed by atoms with Crippen LogP contribution in [-0.4, -0.2) is 41.9 Å². The van der Waals surface area contributed by atoms with Crippen LogP contribution >= 0.6 is 11.6 Å². The molecule has 0 saturated heterocycles. The van der Waals surface area contributed by atoms with E-state index in [1.807, 2.05) is 0 Å². The molecule has 0 spiro atoms. The molecule has 4 rings (SSSR count). The minimum Gasteiger partial charge on any atom is -0.393 e. The SMILES string of the molecule is C[C@]12CC[C@@H](O)C[C@@H]1CC[C@H]1[C@@H]3CC[C@H](C(=O)COCCCl)[C@@]3(C)CC(=O)[C@@H]12. The number of rotatable bonds is 5. The highest BCUT2D eigenvalue weighted by molar-refractivity contribution is 6.18. The molecule has 0 aliphatic heterocycles. The number of ketones is 2. The lowest BCUT2D eigenvalue weighted by molar-refractivity contribution is -0.162. The van der Waals surface area contributed by atoms with Crippen molar-refractivity contribution in [2.75, 3.05) is 19.1 Å². The zero-order chi connectivity index (χ0) is 20.1. The Morgan fingerprint density at radius 3 is 2.71 bits per heavy atom. The molecule has 158 valence electrons. The number of aliphatic hydroxyl groups is 1. The van der Waals surface area contributed by atoms with Crippen molar-refractivity contribution in [1.82, 2.24) is 0 Å². The Balaban J connectivity index is 1.56. The van der Waals surface area contributed by atoms with Crippen molar-refractivity contribution in [1.29, 1.82) is 0 Å². The lowest BCUT2D eigenvalue weighted by Crippen LogP contribution is -2.58. The number of Topliss-reactive ketones (excluding diaryl/α,β-unsaturated/α-hetero) is 2. The summed E-state index contributed by atoms with van der Waals surface area (Å²) in [4.78, 5) is 26.4. The first-order valence-electron chi connectivity index (χ1n) is 11.2. The van der Waals surface area contributed by atoms with Gasteiger partial charge in [0.2, 0.25) is 0 Å². The number of ether oxygens (including phenoxy) is 1. The third kappa shape index (κ3) is 3.18. The second-order valence-electron chi connectivity index (χ2n) is 10.4. The molecule has 4 saturated carbocycles. The summed E-state index contributed by atoms with van der Waals surface area (Å²) >= 11 is 5.66. The minimum atomic E-state index is -0.211. The zero-order valence-corrected chi connectivity index (χ0v) is 18.0. The van der Waals surface area contributed by atoms with Crippen LogP contribution in [0.1, 0.15) is 65.2 Å². The van der Waals surface area contributed by atoms with Crippen LogP contribution in [0.15, 0.2) is 0 Å². The summed E-state index contributed by atoms with van der Waals surface area (Å²) in [7, 11) is 0. The van der Waals surface area contributed by atoms with Gasteiger partial charge in [0, 0.05) is 24.1 Å². The van der Waals surface area contributed by atoms with Crippen LogP contribution in [0.2, 0.25) is 0 Å². The van der Waals surface area contributed by atoms with Gasteiger partial charge < -0.3 is 9.84 Å². The van der Waals surface area contributed by atoms with Crippen molar-refractivity contribution in [3.63, 3.8) is 0 Å². The van der Waals surface area contributed by atoms with E-state index in [-0.39, 0.29) is 41.2 Å². The van der Waals surface area contributed by atoms with Gasteiger partial charge in [-0.1, -0.05) is 13.8 Å². The second-order valence-corrected chi connectivity index (χ2v) is 10.8. The van der Waals surface area contributed by atoms with E-state index in [1.165, 1.54) is 0 Å². The van der Waals surface area contributed by atoms with E-state index >= 15 is 0 Å². The summed E-state index contributed by atoms with van der Waals surface area (Å²) in [6.45, 7) is 5.04. The van der Waals surface area contributed by atoms with E-state index in [0.717, 1.165) is 44.9 Å². The third-order valence-corrected chi connectivity index (χ3v) is 9.33. The van der Waals surface area contributed by atoms with Gasteiger partial charge in [-0.15, -0.1) is 11.6 Å². The van der Waals surface area contributed by atoms with Gasteiger partial charge in [-0.25, -0.2) is 0 Å². The lowest BCUT2D eigenvalue weighted by Gasteiger charge is -2.59. The summed E-state index contributed by atoms with van der Waals surface area (Å²) < 4.78 is 5.42. The fraction of sp³-hybridized carbons (Fsp3) is 0.913. The Hall–Kier alpha value is -0.450. The summed E-state index contributed by atoms with van der Waals surface area (Å²) in [5.41, 5.74) is -0.177. The summed E-state index contributed by atoms with van der Waals surface area (Å²) in [5.74, 6) is 2.33. The Morgan fingerprint density at radius 1 is 1.18 bits per heavy atom. The maximum Gasteiger partial charge on any atom is 0.162 e. The van der Waals surface area contributed by atoms with E-state index in [4.69, 9.17) is 16.3 Å². The third-order valence-electron chi connectivity index (χ3n) is 9.18. The number of hydrogen-bond acceptors (Lipinski definition) is 4. The van der Waals surface area contributed by atoms with Gasteiger partial charge in [0.25, 0.3) is 0 Å². The van der Waals surface area contributed by atoms with E-state index in [1.54, 1.807) is 0 Å². The molecule has 4 fully saturated rings. The normalized spacial score (nSPS) is 47.9. The Bertz CT molecular complexity index is 636. The van der Waals surface area contributed by atoms with Crippen molar-refractivity contribution in [3.8, 4) is 0 Å². The molecule has 0 aromatic carbocycles. The van der Waals surface area contributed by atoms with Gasteiger partial charge in [0.1, 0.15) is 12.4 Å². The summed E-state index contributed by atoms with van der Waals surface area (Å²) in [6, 6.07) is 0. The summed E-state index contributed by atoms with van der Waals surface area (Å²) in [5, 5.41) is 10.2. The molecule has 1 N–H and O–H groups in total. The number of hydrogen-bond donors (Lipinski definition) is 1.